The highest BCUT2D eigenvalue weighted by Crippen LogP contribution is 2.38. The molecular formula is C12H22N2. The summed E-state index contributed by atoms with van der Waals surface area (Å²) in [6, 6.07) is 2.42. The maximum absolute atomic E-state index is 8.84. The summed E-state index contributed by atoms with van der Waals surface area (Å²) in [5, 5.41) is 8.84. The molecule has 1 unspecified atom stereocenters. The van der Waals surface area contributed by atoms with E-state index < -0.39 is 0 Å². The van der Waals surface area contributed by atoms with Gasteiger partial charge in [-0.1, -0.05) is 26.7 Å². The standard InChI is InChI=1S/C12H22N2/c1-4-12(5-2)6-8-14(9-7-12)11(3)10-13/h11H,4-9H2,1-3H3. The van der Waals surface area contributed by atoms with E-state index in [0.29, 0.717) is 5.41 Å². The predicted molar refractivity (Wildman–Crippen MR) is 58.9 cm³/mol. The Morgan fingerprint density at radius 3 is 2.14 bits per heavy atom. The lowest BCUT2D eigenvalue weighted by atomic mass is 9.74. The molecule has 0 aromatic rings. The van der Waals surface area contributed by atoms with Crippen molar-refractivity contribution in [2.75, 3.05) is 13.1 Å². The third kappa shape index (κ3) is 2.27. The van der Waals surface area contributed by atoms with Crippen LogP contribution >= 0.6 is 0 Å². The van der Waals surface area contributed by atoms with Crippen LogP contribution in [0.3, 0.4) is 0 Å². The van der Waals surface area contributed by atoms with Gasteiger partial charge in [-0.2, -0.15) is 5.26 Å². The molecule has 0 aromatic carbocycles. The lowest BCUT2D eigenvalue weighted by Gasteiger charge is -2.41. The van der Waals surface area contributed by atoms with Gasteiger partial charge in [-0.15, -0.1) is 0 Å². The molecule has 0 saturated carbocycles. The molecule has 1 saturated heterocycles. The van der Waals surface area contributed by atoms with Crippen LogP contribution in [0.5, 0.6) is 0 Å². The van der Waals surface area contributed by atoms with Crippen LogP contribution in [-0.2, 0) is 0 Å². The molecule has 0 amide bonds. The molecule has 1 aliphatic heterocycles. The average Bonchev–Trinajstić information content (AvgIpc) is 2.28. The first-order valence-corrected chi connectivity index (χ1v) is 5.81. The molecule has 0 spiro atoms. The summed E-state index contributed by atoms with van der Waals surface area (Å²) >= 11 is 0. The number of nitrogens with zero attached hydrogens (tertiary/aromatic N) is 2. The Balaban J connectivity index is 2.49. The van der Waals surface area contributed by atoms with Crippen LogP contribution in [0.4, 0.5) is 0 Å². The van der Waals surface area contributed by atoms with Crippen molar-refractivity contribution >= 4 is 0 Å². The number of rotatable bonds is 3. The number of piperidine rings is 1. The topological polar surface area (TPSA) is 27.0 Å². The summed E-state index contributed by atoms with van der Waals surface area (Å²) in [6.45, 7) is 8.82. The van der Waals surface area contributed by atoms with Gasteiger partial charge in [0.05, 0.1) is 12.1 Å². The minimum Gasteiger partial charge on any atom is -0.288 e. The lowest BCUT2D eigenvalue weighted by Crippen LogP contribution is -2.43. The monoisotopic (exact) mass is 194 g/mol. The van der Waals surface area contributed by atoms with E-state index >= 15 is 0 Å². The van der Waals surface area contributed by atoms with Gasteiger partial charge in [0, 0.05) is 0 Å². The molecule has 14 heavy (non-hydrogen) atoms. The van der Waals surface area contributed by atoms with Crippen LogP contribution in [0.15, 0.2) is 0 Å². The van der Waals surface area contributed by atoms with Gasteiger partial charge in [0.15, 0.2) is 0 Å². The van der Waals surface area contributed by atoms with Crippen molar-refractivity contribution in [3.8, 4) is 6.07 Å². The van der Waals surface area contributed by atoms with E-state index in [1.54, 1.807) is 0 Å². The second kappa shape index (κ2) is 4.79. The second-order valence-electron chi connectivity index (χ2n) is 4.55. The number of hydrogen-bond donors (Lipinski definition) is 0. The quantitative estimate of drug-likeness (QED) is 0.690. The lowest BCUT2D eigenvalue weighted by molar-refractivity contribution is 0.0848. The smallest absolute Gasteiger partial charge is 0.0949 e. The number of nitriles is 1. The van der Waals surface area contributed by atoms with Crippen molar-refractivity contribution in [2.45, 2.75) is 52.5 Å². The zero-order valence-electron chi connectivity index (χ0n) is 9.71. The summed E-state index contributed by atoms with van der Waals surface area (Å²) in [4.78, 5) is 2.31. The summed E-state index contributed by atoms with van der Waals surface area (Å²) in [5.41, 5.74) is 0.575. The zero-order valence-corrected chi connectivity index (χ0v) is 9.71. The molecule has 0 radical (unpaired) electrons. The molecule has 1 atom stereocenters. The largest absolute Gasteiger partial charge is 0.288 e. The Bertz CT molecular complexity index is 203. The van der Waals surface area contributed by atoms with E-state index in [2.05, 4.69) is 24.8 Å². The molecular weight excluding hydrogens is 172 g/mol. The second-order valence-corrected chi connectivity index (χ2v) is 4.55. The van der Waals surface area contributed by atoms with Gasteiger partial charge in [-0.05, 0) is 38.3 Å². The Hall–Kier alpha value is -0.550. The van der Waals surface area contributed by atoms with Crippen LogP contribution in [-0.4, -0.2) is 24.0 Å². The fourth-order valence-electron chi connectivity index (χ4n) is 2.42. The van der Waals surface area contributed by atoms with Crippen molar-refractivity contribution in [1.29, 1.82) is 5.26 Å². The molecule has 2 heteroatoms. The summed E-state index contributed by atoms with van der Waals surface area (Å²) in [6.07, 6.45) is 5.12. The van der Waals surface area contributed by atoms with E-state index in [0.717, 1.165) is 13.1 Å². The minimum atomic E-state index is 0.0988. The fourth-order valence-corrected chi connectivity index (χ4v) is 2.42. The fraction of sp³-hybridized carbons (Fsp3) is 0.917. The molecule has 0 aromatic heterocycles. The van der Waals surface area contributed by atoms with E-state index in [4.69, 9.17) is 5.26 Å². The van der Waals surface area contributed by atoms with Crippen molar-refractivity contribution in [3.05, 3.63) is 0 Å². The zero-order chi connectivity index (χ0) is 10.6. The molecule has 1 aliphatic rings. The van der Waals surface area contributed by atoms with Gasteiger partial charge in [0.1, 0.15) is 0 Å². The van der Waals surface area contributed by atoms with Gasteiger partial charge in [-0.25, -0.2) is 0 Å². The minimum absolute atomic E-state index is 0.0988. The van der Waals surface area contributed by atoms with E-state index in [9.17, 15) is 0 Å². The Labute approximate surface area is 87.9 Å². The molecule has 0 bridgehead atoms. The van der Waals surface area contributed by atoms with Crippen LogP contribution in [0.1, 0.15) is 46.5 Å². The van der Waals surface area contributed by atoms with E-state index in [1.165, 1.54) is 25.7 Å². The molecule has 80 valence electrons. The highest BCUT2D eigenvalue weighted by molar-refractivity contribution is 4.93. The third-order valence-corrected chi connectivity index (χ3v) is 4.09. The van der Waals surface area contributed by atoms with Crippen molar-refractivity contribution in [2.24, 2.45) is 5.41 Å². The van der Waals surface area contributed by atoms with Crippen LogP contribution in [0.25, 0.3) is 0 Å². The molecule has 1 rings (SSSR count). The van der Waals surface area contributed by atoms with Gasteiger partial charge in [-0.3, -0.25) is 4.90 Å². The molecule has 0 N–H and O–H groups in total. The van der Waals surface area contributed by atoms with Crippen molar-refractivity contribution < 1.29 is 0 Å². The Morgan fingerprint density at radius 2 is 1.79 bits per heavy atom. The van der Waals surface area contributed by atoms with E-state index in [-0.39, 0.29) is 6.04 Å². The van der Waals surface area contributed by atoms with Crippen molar-refractivity contribution in [3.63, 3.8) is 0 Å². The highest BCUT2D eigenvalue weighted by atomic mass is 15.2. The van der Waals surface area contributed by atoms with Gasteiger partial charge < -0.3 is 0 Å². The normalized spacial score (nSPS) is 24.1. The van der Waals surface area contributed by atoms with Gasteiger partial charge in [0.25, 0.3) is 0 Å². The van der Waals surface area contributed by atoms with Crippen molar-refractivity contribution in [1.82, 2.24) is 4.90 Å². The maximum atomic E-state index is 8.84. The maximum Gasteiger partial charge on any atom is 0.0949 e. The summed E-state index contributed by atoms with van der Waals surface area (Å²) in [7, 11) is 0. The first-order valence-electron chi connectivity index (χ1n) is 5.81. The van der Waals surface area contributed by atoms with Gasteiger partial charge >= 0.3 is 0 Å². The van der Waals surface area contributed by atoms with E-state index in [1.807, 2.05) is 6.92 Å². The molecule has 1 heterocycles. The Morgan fingerprint density at radius 1 is 1.29 bits per heavy atom. The predicted octanol–water partition coefficient (Wildman–Crippen LogP) is 2.80. The summed E-state index contributed by atoms with van der Waals surface area (Å²) in [5.74, 6) is 0. The molecule has 2 nitrogen and oxygen atoms in total. The highest BCUT2D eigenvalue weighted by Gasteiger charge is 2.32. The SMILES string of the molecule is CCC1(CC)CCN(C(C)C#N)CC1. The van der Waals surface area contributed by atoms with Gasteiger partial charge in [0.2, 0.25) is 0 Å². The van der Waals surface area contributed by atoms with Crippen LogP contribution < -0.4 is 0 Å². The third-order valence-electron chi connectivity index (χ3n) is 4.09. The number of likely N-dealkylation sites (tertiary alicyclic amines) is 1. The first kappa shape index (κ1) is 11.5. The first-order chi connectivity index (χ1) is 6.67. The Kier molecular flexibility index (Phi) is 3.95. The molecule has 0 aliphatic carbocycles. The average molecular weight is 194 g/mol. The molecule has 1 fully saturated rings. The van der Waals surface area contributed by atoms with Crippen LogP contribution in [0, 0.1) is 16.7 Å². The van der Waals surface area contributed by atoms with Crippen LogP contribution in [0.2, 0.25) is 0 Å². The number of hydrogen-bond acceptors (Lipinski definition) is 2. The summed E-state index contributed by atoms with van der Waals surface area (Å²) < 4.78 is 0.